The van der Waals surface area contributed by atoms with E-state index in [1.807, 2.05) is 0 Å². The molecule has 1 aliphatic carbocycles. The Morgan fingerprint density at radius 3 is 2.14 bits per heavy atom. The van der Waals surface area contributed by atoms with E-state index >= 15 is 0 Å². The summed E-state index contributed by atoms with van der Waals surface area (Å²) in [7, 11) is 0. The fourth-order valence-corrected chi connectivity index (χ4v) is 3.64. The van der Waals surface area contributed by atoms with Crippen molar-refractivity contribution in [3.8, 4) is 0 Å². The summed E-state index contributed by atoms with van der Waals surface area (Å²) in [5.74, 6) is 0. The van der Waals surface area contributed by atoms with Gasteiger partial charge in [0.1, 0.15) is 0 Å². The van der Waals surface area contributed by atoms with Crippen molar-refractivity contribution in [1.29, 1.82) is 0 Å². The standard InChI is InChI=1S/C21H15N/c1-2-12-18-19(13-3-1)22-21-17-11-7-5-9-15(17)14-8-4-6-10-16(14)20(18)21/h2-13,22H,1H2. The summed E-state index contributed by atoms with van der Waals surface area (Å²) in [5, 5.41) is 6.61. The summed E-state index contributed by atoms with van der Waals surface area (Å²) in [4.78, 5) is 3.65. The van der Waals surface area contributed by atoms with E-state index in [4.69, 9.17) is 0 Å². The van der Waals surface area contributed by atoms with Crippen LogP contribution in [0, 0.1) is 0 Å². The van der Waals surface area contributed by atoms with Crippen LogP contribution in [0.5, 0.6) is 0 Å². The Hall–Kier alpha value is -2.80. The van der Waals surface area contributed by atoms with Crippen LogP contribution in [0.3, 0.4) is 0 Å². The molecule has 22 heavy (non-hydrogen) atoms. The van der Waals surface area contributed by atoms with Gasteiger partial charge in [0.05, 0.1) is 5.52 Å². The molecule has 1 aromatic heterocycles. The number of benzene rings is 3. The van der Waals surface area contributed by atoms with E-state index in [0.29, 0.717) is 0 Å². The Morgan fingerprint density at radius 2 is 1.32 bits per heavy atom. The van der Waals surface area contributed by atoms with Gasteiger partial charge in [-0.25, -0.2) is 0 Å². The third-order valence-electron chi connectivity index (χ3n) is 4.59. The third-order valence-corrected chi connectivity index (χ3v) is 4.59. The first kappa shape index (κ1) is 11.8. The summed E-state index contributed by atoms with van der Waals surface area (Å²) >= 11 is 0. The molecule has 1 heteroatoms. The lowest BCUT2D eigenvalue weighted by atomic mass is 9.96. The molecule has 0 fully saturated rings. The average Bonchev–Trinajstić information content (AvgIpc) is 2.79. The van der Waals surface area contributed by atoms with Crippen molar-refractivity contribution < 1.29 is 0 Å². The third kappa shape index (κ3) is 1.48. The van der Waals surface area contributed by atoms with E-state index in [1.54, 1.807) is 0 Å². The second-order valence-corrected chi connectivity index (χ2v) is 5.83. The van der Waals surface area contributed by atoms with Gasteiger partial charge in [-0.05, 0) is 28.7 Å². The number of hydrogen-bond donors (Lipinski definition) is 1. The molecule has 0 saturated heterocycles. The van der Waals surface area contributed by atoms with Crippen molar-refractivity contribution >= 4 is 44.6 Å². The molecule has 4 aromatic rings. The Morgan fingerprint density at radius 1 is 0.682 bits per heavy atom. The number of aromatic amines is 1. The summed E-state index contributed by atoms with van der Waals surface area (Å²) in [6.45, 7) is 0. The van der Waals surface area contributed by atoms with Crippen LogP contribution in [-0.2, 0) is 0 Å². The molecule has 0 aliphatic heterocycles. The predicted molar refractivity (Wildman–Crippen MR) is 96.0 cm³/mol. The molecule has 1 heterocycles. The molecular formula is C21H15N. The maximum atomic E-state index is 3.65. The largest absolute Gasteiger partial charge is 0.354 e. The average molecular weight is 281 g/mol. The second-order valence-electron chi connectivity index (χ2n) is 5.83. The minimum atomic E-state index is 0.996. The Kier molecular flexibility index (Phi) is 2.33. The van der Waals surface area contributed by atoms with Crippen LogP contribution in [0.1, 0.15) is 17.7 Å². The number of nitrogens with one attached hydrogen (secondary N) is 1. The molecule has 1 aliphatic rings. The van der Waals surface area contributed by atoms with Crippen LogP contribution >= 0.6 is 0 Å². The van der Waals surface area contributed by atoms with Crippen LogP contribution in [0.25, 0.3) is 44.6 Å². The highest BCUT2D eigenvalue weighted by Crippen LogP contribution is 2.38. The van der Waals surface area contributed by atoms with E-state index in [-0.39, 0.29) is 0 Å². The van der Waals surface area contributed by atoms with Crippen LogP contribution in [0.15, 0.2) is 60.7 Å². The first-order valence-corrected chi connectivity index (χ1v) is 7.72. The minimum Gasteiger partial charge on any atom is -0.354 e. The highest BCUT2D eigenvalue weighted by molar-refractivity contribution is 6.26. The van der Waals surface area contributed by atoms with Gasteiger partial charge in [0, 0.05) is 22.0 Å². The van der Waals surface area contributed by atoms with Gasteiger partial charge in [0.15, 0.2) is 0 Å². The van der Waals surface area contributed by atoms with Crippen molar-refractivity contribution in [3.63, 3.8) is 0 Å². The van der Waals surface area contributed by atoms with Gasteiger partial charge in [-0.15, -0.1) is 0 Å². The van der Waals surface area contributed by atoms with Crippen molar-refractivity contribution in [3.05, 3.63) is 71.9 Å². The molecule has 0 radical (unpaired) electrons. The quantitative estimate of drug-likeness (QED) is 0.386. The summed E-state index contributed by atoms with van der Waals surface area (Å²) in [6, 6.07) is 17.4. The van der Waals surface area contributed by atoms with Gasteiger partial charge in [-0.2, -0.15) is 0 Å². The zero-order valence-corrected chi connectivity index (χ0v) is 12.1. The van der Waals surface area contributed by atoms with Crippen molar-refractivity contribution in [1.82, 2.24) is 4.98 Å². The topological polar surface area (TPSA) is 15.8 Å². The summed E-state index contributed by atoms with van der Waals surface area (Å²) in [5.41, 5.74) is 3.77. The molecule has 0 atom stereocenters. The first-order valence-electron chi connectivity index (χ1n) is 7.72. The highest BCUT2D eigenvalue weighted by atomic mass is 14.7. The van der Waals surface area contributed by atoms with Crippen molar-refractivity contribution in [2.75, 3.05) is 0 Å². The highest BCUT2D eigenvalue weighted by Gasteiger charge is 2.15. The van der Waals surface area contributed by atoms with Gasteiger partial charge in [0.2, 0.25) is 0 Å². The van der Waals surface area contributed by atoms with Crippen LogP contribution in [-0.4, -0.2) is 4.98 Å². The number of rotatable bonds is 0. The van der Waals surface area contributed by atoms with E-state index < -0.39 is 0 Å². The van der Waals surface area contributed by atoms with Crippen LogP contribution in [0.2, 0.25) is 0 Å². The van der Waals surface area contributed by atoms with Gasteiger partial charge >= 0.3 is 0 Å². The second kappa shape index (κ2) is 4.35. The number of fused-ring (bicyclic) bond motifs is 8. The smallest absolute Gasteiger partial charge is 0.0551 e. The molecule has 0 bridgehead atoms. The number of hydrogen-bond acceptors (Lipinski definition) is 0. The number of allylic oxidation sites excluding steroid dienone is 2. The SMILES string of the molecule is C1=Cc2[nH]c3c4ccccc4c4ccccc4c3c2C=CC1. The monoisotopic (exact) mass is 281 g/mol. The maximum absolute atomic E-state index is 3.65. The Balaban J connectivity index is 2.14. The predicted octanol–water partition coefficient (Wildman–Crippen LogP) is 5.90. The van der Waals surface area contributed by atoms with Gasteiger partial charge in [-0.3, -0.25) is 0 Å². The number of aromatic nitrogens is 1. The van der Waals surface area contributed by atoms with E-state index in [2.05, 4.69) is 77.8 Å². The van der Waals surface area contributed by atoms with Crippen molar-refractivity contribution in [2.45, 2.75) is 6.42 Å². The molecule has 5 rings (SSSR count). The zero-order chi connectivity index (χ0) is 14.5. The maximum Gasteiger partial charge on any atom is 0.0551 e. The van der Waals surface area contributed by atoms with E-state index in [1.165, 1.54) is 43.7 Å². The Bertz CT molecular complexity index is 1090. The fraction of sp³-hybridized carbons (Fsp3) is 0.0476. The van der Waals surface area contributed by atoms with E-state index in [0.717, 1.165) is 6.42 Å². The Labute approximate surface area is 128 Å². The molecule has 0 saturated carbocycles. The molecule has 1 nitrogen and oxygen atoms in total. The van der Waals surface area contributed by atoms with Crippen LogP contribution in [0.4, 0.5) is 0 Å². The lowest BCUT2D eigenvalue weighted by Crippen LogP contribution is -1.81. The summed E-state index contributed by atoms with van der Waals surface area (Å²) < 4.78 is 0. The summed E-state index contributed by atoms with van der Waals surface area (Å²) in [6.07, 6.45) is 9.91. The fourth-order valence-electron chi connectivity index (χ4n) is 3.64. The number of H-pyrrole nitrogens is 1. The molecule has 1 N–H and O–H groups in total. The van der Waals surface area contributed by atoms with Gasteiger partial charge < -0.3 is 4.98 Å². The molecule has 0 unspecified atom stereocenters. The lowest BCUT2D eigenvalue weighted by molar-refractivity contribution is 1.41. The van der Waals surface area contributed by atoms with Gasteiger partial charge in [0.25, 0.3) is 0 Å². The molecule has 104 valence electrons. The molecular weight excluding hydrogens is 266 g/mol. The van der Waals surface area contributed by atoms with Crippen molar-refractivity contribution in [2.24, 2.45) is 0 Å². The first-order chi connectivity index (χ1) is 10.9. The normalized spacial score (nSPS) is 13.8. The molecule has 3 aromatic carbocycles. The van der Waals surface area contributed by atoms with Crippen LogP contribution < -0.4 is 0 Å². The van der Waals surface area contributed by atoms with E-state index in [9.17, 15) is 0 Å². The molecule has 0 amide bonds. The lowest BCUT2D eigenvalue weighted by Gasteiger charge is -2.07. The minimum absolute atomic E-state index is 0.996. The van der Waals surface area contributed by atoms with Gasteiger partial charge in [-0.1, -0.05) is 66.8 Å². The zero-order valence-electron chi connectivity index (χ0n) is 12.1. The molecule has 0 spiro atoms.